The smallest absolute Gasteiger partial charge is 0.245 e. The van der Waals surface area contributed by atoms with E-state index in [0.717, 1.165) is 0 Å². The molecule has 1 aromatic carbocycles. The standard InChI is InChI=1S/C13H17Cl2NO3S/c1-4-5-16(9(2)3)20(18,19)13-6-10(8-17)11(14)7-12(13)15/h4,6-7,9,17H,1,5,8H2,2-3H3. The number of benzene rings is 1. The molecule has 0 fully saturated rings. The van der Waals surface area contributed by atoms with Gasteiger partial charge in [0.15, 0.2) is 0 Å². The molecule has 0 aliphatic carbocycles. The van der Waals surface area contributed by atoms with Crippen LogP contribution in [-0.2, 0) is 16.6 Å². The summed E-state index contributed by atoms with van der Waals surface area (Å²) >= 11 is 11.9. The molecule has 0 aliphatic heterocycles. The topological polar surface area (TPSA) is 57.6 Å². The second kappa shape index (κ2) is 6.91. The Morgan fingerprint density at radius 1 is 1.35 bits per heavy atom. The van der Waals surface area contributed by atoms with Crippen LogP contribution in [0.15, 0.2) is 29.7 Å². The van der Waals surface area contributed by atoms with Crippen molar-refractivity contribution in [3.8, 4) is 0 Å². The van der Waals surface area contributed by atoms with Crippen LogP contribution in [0, 0.1) is 0 Å². The maximum Gasteiger partial charge on any atom is 0.245 e. The molecule has 20 heavy (non-hydrogen) atoms. The molecule has 7 heteroatoms. The fourth-order valence-electron chi connectivity index (χ4n) is 1.73. The zero-order valence-corrected chi connectivity index (χ0v) is 13.6. The molecule has 0 atom stereocenters. The Balaban J connectivity index is 3.44. The van der Waals surface area contributed by atoms with Gasteiger partial charge in [-0.25, -0.2) is 8.42 Å². The quantitative estimate of drug-likeness (QED) is 0.811. The van der Waals surface area contributed by atoms with E-state index in [1.807, 2.05) is 0 Å². The summed E-state index contributed by atoms with van der Waals surface area (Å²) < 4.78 is 26.5. The highest BCUT2D eigenvalue weighted by atomic mass is 35.5. The van der Waals surface area contributed by atoms with Gasteiger partial charge in [0.2, 0.25) is 10.0 Å². The molecule has 1 N–H and O–H groups in total. The average molecular weight is 338 g/mol. The molecule has 112 valence electrons. The lowest BCUT2D eigenvalue weighted by molar-refractivity contribution is 0.281. The Labute approximate surface area is 129 Å². The van der Waals surface area contributed by atoms with E-state index in [-0.39, 0.29) is 34.1 Å². The lowest BCUT2D eigenvalue weighted by Gasteiger charge is -2.25. The molecular weight excluding hydrogens is 321 g/mol. The van der Waals surface area contributed by atoms with E-state index in [1.165, 1.54) is 22.5 Å². The second-order valence-electron chi connectivity index (χ2n) is 4.49. The Morgan fingerprint density at radius 3 is 2.40 bits per heavy atom. The molecule has 0 bridgehead atoms. The van der Waals surface area contributed by atoms with Gasteiger partial charge >= 0.3 is 0 Å². The SMILES string of the molecule is C=CCN(C(C)C)S(=O)(=O)c1cc(CO)c(Cl)cc1Cl. The van der Waals surface area contributed by atoms with Crippen molar-refractivity contribution in [1.82, 2.24) is 4.31 Å². The fourth-order valence-corrected chi connectivity index (χ4v) is 4.17. The van der Waals surface area contributed by atoms with E-state index in [1.54, 1.807) is 13.8 Å². The lowest BCUT2D eigenvalue weighted by atomic mass is 10.2. The molecule has 1 aromatic rings. The number of rotatable bonds is 6. The second-order valence-corrected chi connectivity index (χ2v) is 7.16. The van der Waals surface area contributed by atoms with E-state index < -0.39 is 10.0 Å². The lowest BCUT2D eigenvalue weighted by Crippen LogP contribution is -2.37. The van der Waals surface area contributed by atoms with Crippen LogP contribution in [-0.4, -0.2) is 30.4 Å². The highest BCUT2D eigenvalue weighted by molar-refractivity contribution is 7.89. The van der Waals surface area contributed by atoms with Gasteiger partial charge in [-0.2, -0.15) is 4.31 Å². The summed E-state index contributed by atoms with van der Waals surface area (Å²) in [6, 6.07) is 2.38. The first-order chi connectivity index (χ1) is 9.25. The third-order valence-electron chi connectivity index (χ3n) is 2.74. The largest absolute Gasteiger partial charge is 0.392 e. The van der Waals surface area contributed by atoms with E-state index in [0.29, 0.717) is 5.56 Å². The normalized spacial score (nSPS) is 12.2. The van der Waals surface area contributed by atoms with Crippen LogP contribution < -0.4 is 0 Å². The minimum atomic E-state index is -3.78. The van der Waals surface area contributed by atoms with Crippen molar-refractivity contribution >= 4 is 33.2 Å². The van der Waals surface area contributed by atoms with Crippen molar-refractivity contribution in [1.29, 1.82) is 0 Å². The van der Waals surface area contributed by atoms with Crippen LogP contribution in [0.25, 0.3) is 0 Å². The van der Waals surface area contributed by atoms with Gasteiger partial charge in [-0.15, -0.1) is 6.58 Å². The van der Waals surface area contributed by atoms with Crippen molar-refractivity contribution in [2.75, 3.05) is 6.54 Å². The summed E-state index contributed by atoms with van der Waals surface area (Å²) in [6.07, 6.45) is 1.51. The summed E-state index contributed by atoms with van der Waals surface area (Å²) in [5.74, 6) is 0. The Morgan fingerprint density at radius 2 is 1.95 bits per heavy atom. The maximum atomic E-state index is 12.6. The van der Waals surface area contributed by atoms with Crippen molar-refractivity contribution in [2.24, 2.45) is 0 Å². The summed E-state index contributed by atoms with van der Waals surface area (Å²) in [6.45, 7) is 6.90. The summed E-state index contributed by atoms with van der Waals surface area (Å²) in [4.78, 5) is -0.0665. The number of hydrogen-bond acceptors (Lipinski definition) is 3. The molecule has 0 radical (unpaired) electrons. The predicted octanol–water partition coefficient (Wildman–Crippen LogP) is 3.07. The van der Waals surface area contributed by atoms with E-state index in [9.17, 15) is 13.5 Å². The van der Waals surface area contributed by atoms with Gasteiger partial charge in [-0.3, -0.25) is 0 Å². The highest BCUT2D eigenvalue weighted by Crippen LogP contribution is 2.31. The van der Waals surface area contributed by atoms with Gasteiger partial charge in [0.1, 0.15) is 4.90 Å². The first-order valence-corrected chi connectivity index (χ1v) is 8.16. The van der Waals surface area contributed by atoms with E-state index in [2.05, 4.69) is 6.58 Å². The van der Waals surface area contributed by atoms with Crippen LogP contribution in [0.5, 0.6) is 0 Å². The van der Waals surface area contributed by atoms with Gasteiger partial charge in [0.05, 0.1) is 11.6 Å². The number of nitrogens with zero attached hydrogens (tertiary/aromatic N) is 1. The molecule has 0 unspecified atom stereocenters. The van der Waals surface area contributed by atoms with Gasteiger partial charge in [-0.05, 0) is 31.5 Å². The van der Waals surface area contributed by atoms with Gasteiger partial charge in [0, 0.05) is 17.6 Å². The number of aliphatic hydroxyl groups excluding tert-OH is 1. The number of sulfonamides is 1. The first-order valence-electron chi connectivity index (χ1n) is 5.97. The van der Waals surface area contributed by atoms with E-state index >= 15 is 0 Å². The molecule has 4 nitrogen and oxygen atoms in total. The molecule has 0 heterocycles. The first kappa shape index (κ1) is 17.5. The molecule has 0 aromatic heterocycles. The van der Waals surface area contributed by atoms with Crippen LogP contribution in [0.4, 0.5) is 0 Å². The third-order valence-corrected chi connectivity index (χ3v) is 5.60. The van der Waals surface area contributed by atoms with Crippen LogP contribution in [0.1, 0.15) is 19.4 Å². The third kappa shape index (κ3) is 3.54. The zero-order chi connectivity index (χ0) is 15.5. The fraction of sp³-hybridized carbons (Fsp3) is 0.385. The Hall–Kier alpha value is -0.590. The van der Waals surface area contributed by atoms with Crippen molar-refractivity contribution in [3.63, 3.8) is 0 Å². The molecular formula is C13H17Cl2NO3S. The Bertz CT molecular complexity index is 600. The summed E-state index contributed by atoms with van der Waals surface area (Å²) in [7, 11) is -3.78. The molecule has 1 rings (SSSR count). The average Bonchev–Trinajstić information content (AvgIpc) is 2.35. The molecule has 0 saturated heterocycles. The van der Waals surface area contributed by atoms with Crippen molar-refractivity contribution in [3.05, 3.63) is 40.4 Å². The number of aliphatic hydroxyl groups is 1. The molecule has 0 spiro atoms. The van der Waals surface area contributed by atoms with Crippen molar-refractivity contribution in [2.45, 2.75) is 31.4 Å². The van der Waals surface area contributed by atoms with Crippen LogP contribution in [0.3, 0.4) is 0 Å². The zero-order valence-electron chi connectivity index (χ0n) is 11.3. The molecule has 0 saturated carbocycles. The monoisotopic (exact) mass is 337 g/mol. The van der Waals surface area contributed by atoms with Gasteiger partial charge in [0.25, 0.3) is 0 Å². The molecule has 0 aliphatic rings. The minimum absolute atomic E-state index is 0.0295. The predicted molar refractivity (Wildman–Crippen MR) is 81.6 cm³/mol. The Kier molecular flexibility index (Phi) is 6.04. The number of halogens is 2. The summed E-state index contributed by atoms with van der Waals surface area (Å²) in [5.41, 5.74) is 0.317. The van der Waals surface area contributed by atoms with E-state index in [4.69, 9.17) is 23.2 Å². The minimum Gasteiger partial charge on any atom is -0.392 e. The van der Waals surface area contributed by atoms with Crippen molar-refractivity contribution < 1.29 is 13.5 Å². The van der Waals surface area contributed by atoms with Gasteiger partial charge < -0.3 is 5.11 Å². The van der Waals surface area contributed by atoms with Gasteiger partial charge in [-0.1, -0.05) is 29.3 Å². The molecule has 0 amide bonds. The highest BCUT2D eigenvalue weighted by Gasteiger charge is 2.28. The number of hydrogen-bond donors (Lipinski definition) is 1. The van der Waals surface area contributed by atoms with Crippen LogP contribution >= 0.6 is 23.2 Å². The summed E-state index contributed by atoms with van der Waals surface area (Å²) in [5, 5.41) is 9.46. The van der Waals surface area contributed by atoms with Crippen LogP contribution in [0.2, 0.25) is 10.0 Å². The maximum absolute atomic E-state index is 12.6.